The second-order valence-electron chi connectivity index (χ2n) is 7.06. The number of benzene rings is 1. The monoisotopic (exact) mass is 316 g/mol. The molecule has 0 saturated heterocycles. The van der Waals surface area contributed by atoms with Crippen LogP contribution in [0.2, 0.25) is 0 Å². The SMILES string of the molecule is CC1=CC(N(C(=O)[O-])C(C)c2ccccc2)C(C(C)(C)O)CC1. The zero-order valence-electron chi connectivity index (χ0n) is 14.3. The van der Waals surface area contributed by atoms with E-state index in [1.807, 2.05) is 50.3 Å². The number of nitrogens with zero attached hydrogens (tertiary/aromatic N) is 1. The average molecular weight is 316 g/mol. The number of aliphatic hydroxyl groups is 1. The van der Waals surface area contributed by atoms with Gasteiger partial charge in [0.1, 0.15) is 6.09 Å². The molecule has 4 heteroatoms. The second kappa shape index (κ2) is 6.75. The number of carbonyl (C=O) groups excluding carboxylic acids is 1. The summed E-state index contributed by atoms with van der Waals surface area (Å²) in [6.07, 6.45) is 2.42. The van der Waals surface area contributed by atoms with Crippen molar-refractivity contribution >= 4 is 6.09 Å². The molecule has 1 amide bonds. The van der Waals surface area contributed by atoms with Gasteiger partial charge >= 0.3 is 0 Å². The molecule has 0 bridgehead atoms. The summed E-state index contributed by atoms with van der Waals surface area (Å²) in [7, 11) is 0. The number of rotatable bonds is 4. The Bertz CT molecular complexity index is 574. The number of hydrogen-bond acceptors (Lipinski definition) is 3. The zero-order valence-corrected chi connectivity index (χ0v) is 14.3. The van der Waals surface area contributed by atoms with Gasteiger partial charge in [-0.1, -0.05) is 42.0 Å². The predicted molar refractivity (Wildman–Crippen MR) is 88.7 cm³/mol. The molecular weight excluding hydrogens is 290 g/mol. The van der Waals surface area contributed by atoms with Gasteiger partial charge in [-0.05, 0) is 46.1 Å². The fourth-order valence-electron chi connectivity index (χ4n) is 3.52. The van der Waals surface area contributed by atoms with Crippen LogP contribution >= 0.6 is 0 Å². The molecule has 1 aromatic rings. The second-order valence-corrected chi connectivity index (χ2v) is 7.06. The van der Waals surface area contributed by atoms with E-state index in [0.29, 0.717) is 0 Å². The van der Waals surface area contributed by atoms with Crippen LogP contribution in [0.15, 0.2) is 42.0 Å². The third-order valence-electron chi connectivity index (χ3n) is 4.86. The standard InChI is InChI=1S/C19H27NO3/c1-13-10-11-16(19(3,4)23)17(12-13)20(18(21)22)14(2)15-8-6-5-7-9-15/h5-9,12,14,16-17,23H,10-11H2,1-4H3,(H,21,22)/p-1. The van der Waals surface area contributed by atoms with Crippen molar-refractivity contribution in [2.24, 2.45) is 5.92 Å². The molecule has 0 spiro atoms. The van der Waals surface area contributed by atoms with Gasteiger partial charge in [0, 0.05) is 5.92 Å². The lowest BCUT2D eigenvalue weighted by Gasteiger charge is -2.47. The van der Waals surface area contributed by atoms with Gasteiger partial charge in [-0.2, -0.15) is 0 Å². The van der Waals surface area contributed by atoms with Crippen LogP contribution in [0.25, 0.3) is 0 Å². The lowest BCUT2D eigenvalue weighted by atomic mass is 9.75. The molecule has 3 unspecified atom stereocenters. The van der Waals surface area contributed by atoms with Gasteiger partial charge in [-0.3, -0.25) is 0 Å². The van der Waals surface area contributed by atoms with Crippen LogP contribution in [-0.2, 0) is 0 Å². The van der Waals surface area contributed by atoms with Crippen molar-refractivity contribution in [2.45, 2.75) is 58.2 Å². The molecule has 1 N–H and O–H groups in total. The minimum Gasteiger partial charge on any atom is -0.530 e. The first-order valence-corrected chi connectivity index (χ1v) is 8.15. The Morgan fingerprint density at radius 3 is 2.48 bits per heavy atom. The van der Waals surface area contributed by atoms with Crippen molar-refractivity contribution in [1.29, 1.82) is 0 Å². The maximum absolute atomic E-state index is 11.9. The first kappa shape index (κ1) is 17.5. The van der Waals surface area contributed by atoms with E-state index in [4.69, 9.17) is 0 Å². The van der Waals surface area contributed by atoms with Crippen LogP contribution in [0.3, 0.4) is 0 Å². The van der Waals surface area contributed by atoms with Crippen molar-refractivity contribution in [3.8, 4) is 0 Å². The van der Waals surface area contributed by atoms with Gasteiger partial charge in [-0.15, -0.1) is 0 Å². The third-order valence-corrected chi connectivity index (χ3v) is 4.86. The Morgan fingerprint density at radius 2 is 1.96 bits per heavy atom. The molecule has 3 atom stereocenters. The maximum atomic E-state index is 11.9. The minimum atomic E-state index is -1.20. The minimum absolute atomic E-state index is 0.157. The molecule has 23 heavy (non-hydrogen) atoms. The van der Waals surface area contributed by atoms with Crippen molar-refractivity contribution in [3.05, 3.63) is 47.5 Å². The summed E-state index contributed by atoms with van der Waals surface area (Å²) in [5, 5.41) is 22.4. The number of allylic oxidation sites excluding steroid dienone is 1. The van der Waals surface area contributed by atoms with E-state index in [2.05, 4.69) is 0 Å². The lowest BCUT2D eigenvalue weighted by molar-refractivity contribution is -0.271. The maximum Gasteiger partial charge on any atom is 0.137 e. The Labute approximate surface area is 138 Å². The van der Waals surface area contributed by atoms with Crippen molar-refractivity contribution in [3.63, 3.8) is 0 Å². The molecule has 0 saturated carbocycles. The van der Waals surface area contributed by atoms with Crippen LogP contribution in [0.5, 0.6) is 0 Å². The zero-order chi connectivity index (χ0) is 17.2. The van der Waals surface area contributed by atoms with E-state index in [0.717, 1.165) is 24.0 Å². The highest BCUT2D eigenvalue weighted by atomic mass is 16.4. The first-order chi connectivity index (χ1) is 10.7. The Hall–Kier alpha value is -1.81. The van der Waals surface area contributed by atoms with Gasteiger partial charge in [0.05, 0.1) is 17.7 Å². The Kier molecular flexibility index (Phi) is 5.15. The number of carbonyl (C=O) groups is 1. The molecule has 1 aliphatic carbocycles. The summed E-state index contributed by atoms with van der Waals surface area (Å²) in [5.41, 5.74) is 1.12. The number of carboxylic acid groups (broad SMARTS) is 1. The Balaban J connectivity index is 2.42. The molecule has 2 rings (SSSR count). The molecule has 1 aromatic carbocycles. The van der Waals surface area contributed by atoms with E-state index in [1.165, 1.54) is 4.90 Å². The molecular formula is C19H26NO3-. The number of hydrogen-bond donors (Lipinski definition) is 1. The topological polar surface area (TPSA) is 63.6 Å². The van der Waals surface area contributed by atoms with Gasteiger partial charge < -0.3 is 19.9 Å². The van der Waals surface area contributed by atoms with Crippen LogP contribution < -0.4 is 5.11 Å². The molecule has 0 heterocycles. The summed E-state index contributed by atoms with van der Waals surface area (Å²) in [4.78, 5) is 13.3. The molecule has 0 aliphatic heterocycles. The fourth-order valence-corrected chi connectivity index (χ4v) is 3.52. The van der Waals surface area contributed by atoms with Gasteiger partial charge in [0.15, 0.2) is 0 Å². The van der Waals surface area contributed by atoms with Gasteiger partial charge in [0.25, 0.3) is 0 Å². The van der Waals surface area contributed by atoms with E-state index in [9.17, 15) is 15.0 Å². The molecule has 0 aromatic heterocycles. The number of amides is 1. The van der Waals surface area contributed by atoms with Crippen LogP contribution in [0, 0.1) is 5.92 Å². The summed E-state index contributed by atoms with van der Waals surface area (Å²) in [5.74, 6) is -0.157. The summed E-state index contributed by atoms with van der Waals surface area (Å²) in [6, 6.07) is 8.81. The van der Waals surface area contributed by atoms with Crippen molar-refractivity contribution in [2.75, 3.05) is 0 Å². The smallest absolute Gasteiger partial charge is 0.137 e. The largest absolute Gasteiger partial charge is 0.530 e. The summed E-state index contributed by atoms with van der Waals surface area (Å²) in [6.45, 7) is 7.37. The molecule has 0 fully saturated rings. The highest BCUT2D eigenvalue weighted by Crippen LogP contribution is 2.37. The fraction of sp³-hybridized carbons (Fsp3) is 0.526. The lowest BCUT2D eigenvalue weighted by Crippen LogP contribution is -2.55. The van der Waals surface area contributed by atoms with Crippen molar-refractivity contribution < 1.29 is 15.0 Å². The quantitative estimate of drug-likeness (QED) is 0.869. The molecule has 0 radical (unpaired) electrons. The van der Waals surface area contributed by atoms with E-state index in [1.54, 1.807) is 13.8 Å². The van der Waals surface area contributed by atoms with E-state index < -0.39 is 11.7 Å². The normalized spacial score (nSPS) is 23.1. The third kappa shape index (κ3) is 3.94. The van der Waals surface area contributed by atoms with Gasteiger partial charge in [-0.25, -0.2) is 0 Å². The van der Waals surface area contributed by atoms with E-state index in [-0.39, 0.29) is 18.0 Å². The van der Waals surface area contributed by atoms with Crippen molar-refractivity contribution in [1.82, 2.24) is 4.90 Å². The van der Waals surface area contributed by atoms with Crippen LogP contribution in [0.4, 0.5) is 4.79 Å². The predicted octanol–water partition coefficient (Wildman–Crippen LogP) is 2.89. The Morgan fingerprint density at radius 1 is 1.35 bits per heavy atom. The summed E-state index contributed by atoms with van der Waals surface area (Å²) >= 11 is 0. The highest BCUT2D eigenvalue weighted by molar-refractivity contribution is 5.64. The molecule has 4 nitrogen and oxygen atoms in total. The van der Waals surface area contributed by atoms with Crippen LogP contribution in [-0.4, -0.2) is 27.7 Å². The highest BCUT2D eigenvalue weighted by Gasteiger charge is 2.39. The average Bonchev–Trinajstić information content (AvgIpc) is 2.46. The van der Waals surface area contributed by atoms with Crippen LogP contribution in [0.1, 0.15) is 52.1 Å². The van der Waals surface area contributed by atoms with Gasteiger partial charge in [0.2, 0.25) is 0 Å². The summed E-state index contributed by atoms with van der Waals surface area (Å²) < 4.78 is 0. The van der Waals surface area contributed by atoms with E-state index >= 15 is 0 Å². The molecule has 1 aliphatic rings. The first-order valence-electron chi connectivity index (χ1n) is 8.15. The molecule has 126 valence electrons.